The molecule has 1 aromatic carbocycles. The Morgan fingerprint density at radius 2 is 1.88 bits per heavy atom. The molecular weight excluding hydrogens is 335 g/mol. The highest BCUT2D eigenvalue weighted by Crippen LogP contribution is 2.28. The summed E-state index contributed by atoms with van der Waals surface area (Å²) in [5.74, 6) is -0.469. The molecule has 0 unspecified atom stereocenters. The molecule has 1 N–H and O–H groups in total. The summed E-state index contributed by atoms with van der Waals surface area (Å²) in [6, 6.07) is 8.64. The first-order chi connectivity index (χ1) is 11.8. The largest absolute Gasteiger partial charge is 0.435 e. The second-order valence-corrected chi connectivity index (χ2v) is 5.34. The van der Waals surface area contributed by atoms with E-state index in [4.69, 9.17) is 0 Å². The van der Waals surface area contributed by atoms with Gasteiger partial charge in [-0.1, -0.05) is 0 Å². The number of carbonyl (C=O) groups is 1. The molecule has 3 rings (SSSR count). The molecule has 25 heavy (non-hydrogen) atoms. The molecule has 1 atom stereocenters. The van der Waals surface area contributed by atoms with E-state index in [0.717, 1.165) is 22.6 Å². The molecule has 0 radical (unpaired) electrons. The van der Waals surface area contributed by atoms with E-state index in [1.807, 2.05) is 0 Å². The first-order valence-electron chi connectivity index (χ1n) is 7.38. The van der Waals surface area contributed by atoms with E-state index < -0.39 is 23.8 Å². The summed E-state index contributed by atoms with van der Waals surface area (Å²) in [5.41, 5.74) is 0.310. The lowest BCUT2D eigenvalue weighted by molar-refractivity contribution is -0.141. The number of anilines is 1. The Hall–Kier alpha value is -3.10. The number of amides is 1. The van der Waals surface area contributed by atoms with Crippen molar-refractivity contribution in [2.45, 2.75) is 19.1 Å². The summed E-state index contributed by atoms with van der Waals surface area (Å²) >= 11 is 0. The number of halogens is 3. The summed E-state index contributed by atoms with van der Waals surface area (Å²) in [6.07, 6.45) is 0.0277. The van der Waals surface area contributed by atoms with Crippen LogP contribution in [0.15, 0.2) is 55.0 Å². The fourth-order valence-electron chi connectivity index (χ4n) is 2.19. The van der Waals surface area contributed by atoms with Crippen LogP contribution in [-0.2, 0) is 11.0 Å². The molecule has 0 aliphatic carbocycles. The quantitative estimate of drug-likeness (QED) is 0.786. The van der Waals surface area contributed by atoms with Crippen LogP contribution in [0.2, 0.25) is 0 Å². The molecule has 0 saturated carbocycles. The number of nitrogens with zero attached hydrogens (tertiary/aromatic N) is 4. The summed E-state index contributed by atoms with van der Waals surface area (Å²) in [7, 11) is 0. The van der Waals surface area contributed by atoms with Crippen molar-refractivity contribution >= 4 is 11.6 Å². The van der Waals surface area contributed by atoms with Gasteiger partial charge in [-0.2, -0.15) is 23.4 Å². The Labute approximate surface area is 140 Å². The maximum atomic E-state index is 12.6. The zero-order chi connectivity index (χ0) is 18.0. The molecule has 1 amide bonds. The molecule has 2 heterocycles. The fourth-order valence-corrected chi connectivity index (χ4v) is 2.19. The van der Waals surface area contributed by atoms with Gasteiger partial charge in [0, 0.05) is 24.3 Å². The van der Waals surface area contributed by atoms with Crippen LogP contribution < -0.4 is 5.32 Å². The van der Waals surface area contributed by atoms with E-state index >= 15 is 0 Å². The van der Waals surface area contributed by atoms with E-state index in [9.17, 15) is 18.0 Å². The molecule has 0 spiro atoms. The van der Waals surface area contributed by atoms with Crippen LogP contribution in [0.3, 0.4) is 0 Å². The van der Waals surface area contributed by atoms with Gasteiger partial charge in [0.25, 0.3) is 0 Å². The lowest BCUT2D eigenvalue weighted by Crippen LogP contribution is -2.24. The predicted octanol–water partition coefficient (Wildman–Crippen LogP) is 3.29. The Morgan fingerprint density at radius 3 is 2.44 bits per heavy atom. The van der Waals surface area contributed by atoms with Crippen molar-refractivity contribution in [3.05, 3.63) is 60.7 Å². The van der Waals surface area contributed by atoms with E-state index in [-0.39, 0.29) is 0 Å². The molecule has 6 nitrogen and oxygen atoms in total. The van der Waals surface area contributed by atoms with Gasteiger partial charge in [0.05, 0.1) is 5.69 Å². The second kappa shape index (κ2) is 6.42. The van der Waals surface area contributed by atoms with Gasteiger partial charge >= 0.3 is 6.18 Å². The fraction of sp³-hybridized carbons (Fsp3) is 0.188. The van der Waals surface area contributed by atoms with Crippen molar-refractivity contribution in [1.82, 2.24) is 19.6 Å². The van der Waals surface area contributed by atoms with Crippen molar-refractivity contribution in [2.75, 3.05) is 5.32 Å². The second-order valence-electron chi connectivity index (χ2n) is 5.34. The Bertz CT molecular complexity index is 853. The maximum absolute atomic E-state index is 12.6. The van der Waals surface area contributed by atoms with Crippen LogP contribution in [0, 0.1) is 0 Å². The summed E-state index contributed by atoms with van der Waals surface area (Å²) < 4.78 is 40.4. The molecule has 0 bridgehead atoms. The van der Waals surface area contributed by atoms with Crippen LogP contribution in [0.1, 0.15) is 18.7 Å². The third kappa shape index (κ3) is 3.70. The summed E-state index contributed by atoms with van der Waals surface area (Å²) in [4.78, 5) is 12.2. The van der Waals surface area contributed by atoms with E-state index in [1.54, 1.807) is 47.4 Å². The van der Waals surface area contributed by atoms with Gasteiger partial charge in [-0.05, 0) is 43.3 Å². The molecule has 0 aliphatic heterocycles. The minimum absolute atomic E-state index is 0.469. The molecule has 3 aromatic rings. The average Bonchev–Trinajstić information content (AvgIpc) is 3.26. The zero-order valence-electron chi connectivity index (χ0n) is 13.1. The third-order valence-corrected chi connectivity index (χ3v) is 3.58. The van der Waals surface area contributed by atoms with Gasteiger partial charge in [0.15, 0.2) is 5.69 Å². The van der Waals surface area contributed by atoms with E-state index in [1.165, 1.54) is 6.92 Å². The zero-order valence-corrected chi connectivity index (χ0v) is 13.1. The number of nitrogens with one attached hydrogen (secondary N) is 1. The van der Waals surface area contributed by atoms with Crippen LogP contribution in [0.25, 0.3) is 5.69 Å². The molecule has 2 aromatic heterocycles. The molecule has 130 valence electrons. The lowest BCUT2D eigenvalue weighted by Gasteiger charge is -2.13. The first-order valence-corrected chi connectivity index (χ1v) is 7.38. The number of alkyl halides is 3. The van der Waals surface area contributed by atoms with Gasteiger partial charge in [-0.15, -0.1) is 0 Å². The Morgan fingerprint density at radius 1 is 1.16 bits per heavy atom. The molecule has 0 fully saturated rings. The highest BCUT2D eigenvalue weighted by atomic mass is 19.4. The molecule has 0 saturated heterocycles. The smallest absolute Gasteiger partial charge is 0.324 e. The summed E-state index contributed by atoms with van der Waals surface area (Å²) in [5, 5.41) is 10.2. The molecule has 9 heteroatoms. The van der Waals surface area contributed by atoms with Crippen molar-refractivity contribution in [2.24, 2.45) is 0 Å². The standard InChI is InChI=1S/C16H14F3N5O/c1-11(23-10-7-14(22-23)16(17,18)19)15(25)21-12-3-5-13(6-4-12)24-9-2-8-20-24/h2-11H,1H3,(H,21,25)/t11-/m1/s1. The van der Waals surface area contributed by atoms with Crippen molar-refractivity contribution in [3.63, 3.8) is 0 Å². The summed E-state index contributed by atoms with van der Waals surface area (Å²) in [6.45, 7) is 1.47. The van der Waals surface area contributed by atoms with Crippen LogP contribution >= 0.6 is 0 Å². The number of aromatic nitrogens is 4. The minimum atomic E-state index is -4.54. The molecular formula is C16H14F3N5O. The predicted molar refractivity (Wildman–Crippen MR) is 84.1 cm³/mol. The average molecular weight is 349 g/mol. The van der Waals surface area contributed by atoms with Crippen LogP contribution in [-0.4, -0.2) is 25.5 Å². The van der Waals surface area contributed by atoms with Crippen LogP contribution in [0.5, 0.6) is 0 Å². The van der Waals surface area contributed by atoms with Gasteiger partial charge < -0.3 is 5.32 Å². The van der Waals surface area contributed by atoms with E-state index in [2.05, 4.69) is 15.5 Å². The van der Waals surface area contributed by atoms with E-state index in [0.29, 0.717) is 5.69 Å². The van der Waals surface area contributed by atoms with Crippen molar-refractivity contribution in [1.29, 1.82) is 0 Å². The number of benzene rings is 1. The lowest BCUT2D eigenvalue weighted by atomic mass is 10.2. The third-order valence-electron chi connectivity index (χ3n) is 3.58. The number of hydrogen-bond donors (Lipinski definition) is 1. The normalized spacial score (nSPS) is 12.8. The van der Waals surface area contributed by atoms with Gasteiger partial charge in [-0.3, -0.25) is 9.48 Å². The number of hydrogen-bond acceptors (Lipinski definition) is 3. The number of rotatable bonds is 4. The Kier molecular flexibility index (Phi) is 4.30. The monoisotopic (exact) mass is 349 g/mol. The maximum Gasteiger partial charge on any atom is 0.435 e. The first kappa shape index (κ1) is 16.7. The topological polar surface area (TPSA) is 64.7 Å². The minimum Gasteiger partial charge on any atom is -0.324 e. The number of carbonyl (C=O) groups excluding carboxylic acids is 1. The van der Waals surface area contributed by atoms with Gasteiger partial charge in [0.1, 0.15) is 6.04 Å². The Balaban J connectivity index is 1.68. The van der Waals surface area contributed by atoms with Gasteiger partial charge in [0.2, 0.25) is 5.91 Å². The highest BCUT2D eigenvalue weighted by molar-refractivity contribution is 5.93. The van der Waals surface area contributed by atoms with Crippen molar-refractivity contribution < 1.29 is 18.0 Å². The van der Waals surface area contributed by atoms with Gasteiger partial charge in [-0.25, -0.2) is 4.68 Å². The SMILES string of the molecule is C[C@H](C(=O)Nc1ccc(-n2cccn2)cc1)n1ccc(C(F)(F)F)n1. The van der Waals surface area contributed by atoms with Crippen LogP contribution in [0.4, 0.5) is 18.9 Å². The van der Waals surface area contributed by atoms with Crippen molar-refractivity contribution in [3.8, 4) is 5.69 Å². The molecule has 0 aliphatic rings. The highest BCUT2D eigenvalue weighted by Gasteiger charge is 2.34.